The molecule has 0 amide bonds. The second-order valence-electron chi connectivity index (χ2n) is 5.04. The molecule has 0 bridgehead atoms. The van der Waals surface area contributed by atoms with Crippen molar-refractivity contribution < 1.29 is 9.84 Å². The van der Waals surface area contributed by atoms with Crippen LogP contribution in [0.15, 0.2) is 11.0 Å². The van der Waals surface area contributed by atoms with E-state index in [4.69, 9.17) is 9.84 Å². The van der Waals surface area contributed by atoms with Crippen molar-refractivity contribution in [3.63, 3.8) is 0 Å². The van der Waals surface area contributed by atoms with Crippen LogP contribution in [0, 0.1) is 11.3 Å². The first-order chi connectivity index (χ1) is 10.7. The molecule has 22 heavy (non-hydrogen) atoms. The van der Waals surface area contributed by atoms with E-state index < -0.39 is 0 Å². The fraction of sp³-hybridized carbons (Fsp3) is 0.533. The molecule has 0 saturated heterocycles. The van der Waals surface area contributed by atoms with E-state index in [-0.39, 0.29) is 17.9 Å². The number of methoxy groups -OCH3 is 1. The molecule has 0 saturated carbocycles. The maximum atomic E-state index is 12.4. The van der Waals surface area contributed by atoms with Crippen LogP contribution in [0.5, 0.6) is 5.75 Å². The molecule has 2 aromatic rings. The first-order valence-electron chi connectivity index (χ1n) is 7.36. The molecule has 0 aromatic carbocycles. The second-order valence-corrected chi connectivity index (χ2v) is 5.04. The van der Waals surface area contributed by atoms with Crippen LogP contribution in [0.25, 0.3) is 11.0 Å². The number of unbranched alkanes of at least 4 members (excludes halogenated alkanes) is 1. The Balaban J connectivity index is 2.66. The van der Waals surface area contributed by atoms with Gasteiger partial charge in [0.15, 0.2) is 11.4 Å². The number of hydrogen-bond donors (Lipinski definition) is 1. The van der Waals surface area contributed by atoms with Crippen molar-refractivity contribution in [2.75, 3.05) is 13.7 Å². The first-order valence-corrected chi connectivity index (χ1v) is 7.36. The summed E-state index contributed by atoms with van der Waals surface area (Å²) >= 11 is 0. The lowest BCUT2D eigenvalue weighted by Gasteiger charge is -2.09. The van der Waals surface area contributed by atoms with Crippen molar-refractivity contribution in [1.29, 1.82) is 5.26 Å². The minimum Gasteiger partial charge on any atom is -0.490 e. The highest BCUT2D eigenvalue weighted by molar-refractivity contribution is 5.88. The van der Waals surface area contributed by atoms with Gasteiger partial charge in [0.2, 0.25) is 0 Å². The topological polar surface area (TPSA) is 93.1 Å². The molecule has 2 heterocycles. The van der Waals surface area contributed by atoms with Gasteiger partial charge in [-0.1, -0.05) is 6.92 Å². The molecule has 2 rings (SSSR count). The Morgan fingerprint density at radius 2 is 2.18 bits per heavy atom. The molecule has 0 radical (unpaired) electrons. The van der Waals surface area contributed by atoms with Crippen molar-refractivity contribution in [2.24, 2.45) is 0 Å². The number of aliphatic hydroxyl groups is 1. The zero-order valence-electron chi connectivity index (χ0n) is 12.9. The SMILES string of the molecule is CCCn1nc2c(c(C#N)cn2CCCCO)c(OC)c1=O. The third-order valence-electron chi connectivity index (χ3n) is 3.49. The van der Waals surface area contributed by atoms with E-state index in [1.54, 1.807) is 6.20 Å². The number of aromatic nitrogens is 3. The Kier molecular flexibility index (Phi) is 5.17. The van der Waals surface area contributed by atoms with Crippen LogP contribution in [-0.4, -0.2) is 33.2 Å². The molecule has 0 unspecified atom stereocenters. The Hall–Kier alpha value is -2.33. The summed E-state index contributed by atoms with van der Waals surface area (Å²) in [6.45, 7) is 3.21. The van der Waals surface area contributed by atoms with Crippen LogP contribution in [0.2, 0.25) is 0 Å². The fourth-order valence-corrected chi connectivity index (χ4v) is 2.46. The number of nitriles is 1. The Morgan fingerprint density at radius 1 is 1.41 bits per heavy atom. The molecule has 1 N–H and O–H groups in total. The molecular weight excluding hydrogens is 284 g/mol. The van der Waals surface area contributed by atoms with E-state index in [1.165, 1.54) is 11.8 Å². The first kappa shape index (κ1) is 16.0. The van der Waals surface area contributed by atoms with Crippen LogP contribution in [-0.2, 0) is 13.1 Å². The maximum Gasteiger partial charge on any atom is 0.309 e. The van der Waals surface area contributed by atoms with Gasteiger partial charge in [0.25, 0.3) is 0 Å². The number of nitrogens with zero attached hydrogens (tertiary/aromatic N) is 4. The van der Waals surface area contributed by atoms with Gasteiger partial charge in [-0.2, -0.15) is 10.4 Å². The van der Waals surface area contributed by atoms with Crippen LogP contribution < -0.4 is 10.3 Å². The molecule has 0 aliphatic carbocycles. The average Bonchev–Trinajstić information content (AvgIpc) is 2.86. The van der Waals surface area contributed by atoms with Gasteiger partial charge in [-0.25, -0.2) is 4.68 Å². The molecule has 0 spiro atoms. The summed E-state index contributed by atoms with van der Waals surface area (Å²) in [4.78, 5) is 12.4. The number of aryl methyl sites for hydroxylation is 2. The Labute approximate surface area is 128 Å². The van der Waals surface area contributed by atoms with Crippen molar-refractivity contribution in [1.82, 2.24) is 14.3 Å². The van der Waals surface area contributed by atoms with Crippen molar-refractivity contribution in [3.05, 3.63) is 22.1 Å². The monoisotopic (exact) mass is 304 g/mol. The lowest BCUT2D eigenvalue weighted by atomic mass is 10.2. The molecule has 2 aromatic heterocycles. The van der Waals surface area contributed by atoms with Gasteiger partial charge in [-0.3, -0.25) is 4.79 Å². The quantitative estimate of drug-likeness (QED) is 0.777. The van der Waals surface area contributed by atoms with E-state index in [2.05, 4.69) is 11.2 Å². The minimum absolute atomic E-state index is 0.127. The summed E-state index contributed by atoms with van der Waals surface area (Å²) in [5.74, 6) is 0.163. The van der Waals surface area contributed by atoms with Gasteiger partial charge in [0.1, 0.15) is 6.07 Å². The van der Waals surface area contributed by atoms with Gasteiger partial charge in [-0.05, 0) is 19.3 Å². The second kappa shape index (κ2) is 7.09. The molecular formula is C15H20N4O3. The molecule has 0 aliphatic rings. The van der Waals surface area contributed by atoms with Crippen LogP contribution in [0.3, 0.4) is 0 Å². The normalized spacial score (nSPS) is 10.8. The predicted molar refractivity (Wildman–Crippen MR) is 81.9 cm³/mol. The lowest BCUT2D eigenvalue weighted by molar-refractivity contribution is 0.281. The highest BCUT2D eigenvalue weighted by Crippen LogP contribution is 2.26. The van der Waals surface area contributed by atoms with E-state index in [1.807, 2.05) is 11.5 Å². The Bertz CT molecular complexity index is 755. The van der Waals surface area contributed by atoms with Crippen LogP contribution in [0.4, 0.5) is 0 Å². The van der Waals surface area contributed by atoms with Crippen LogP contribution in [0.1, 0.15) is 31.7 Å². The standard InChI is InChI=1S/C15H20N4O3/c1-3-6-19-15(21)13(22-2)12-11(9-16)10-18(14(12)17-19)7-4-5-8-20/h10,20H,3-8H2,1-2H3. The number of rotatable bonds is 7. The van der Waals surface area contributed by atoms with Gasteiger partial charge in [0, 0.05) is 25.9 Å². The zero-order chi connectivity index (χ0) is 16.1. The summed E-state index contributed by atoms with van der Waals surface area (Å²) in [7, 11) is 1.43. The summed E-state index contributed by atoms with van der Waals surface area (Å²) < 4.78 is 8.47. The average molecular weight is 304 g/mol. The molecule has 7 heteroatoms. The largest absolute Gasteiger partial charge is 0.490 e. The van der Waals surface area contributed by atoms with Gasteiger partial charge >= 0.3 is 5.56 Å². The van der Waals surface area contributed by atoms with Gasteiger partial charge < -0.3 is 14.4 Å². The van der Waals surface area contributed by atoms with E-state index >= 15 is 0 Å². The third kappa shape index (κ3) is 2.83. The highest BCUT2D eigenvalue weighted by atomic mass is 16.5. The third-order valence-corrected chi connectivity index (χ3v) is 3.49. The smallest absolute Gasteiger partial charge is 0.309 e. The molecule has 0 aliphatic heterocycles. The lowest BCUT2D eigenvalue weighted by Crippen LogP contribution is -2.24. The fourth-order valence-electron chi connectivity index (χ4n) is 2.46. The zero-order valence-corrected chi connectivity index (χ0v) is 12.9. The summed E-state index contributed by atoms with van der Waals surface area (Å²) in [6.07, 6.45) is 3.90. The minimum atomic E-state index is -0.318. The van der Waals surface area contributed by atoms with Crippen molar-refractivity contribution in [2.45, 2.75) is 39.3 Å². The number of hydrogen-bond acceptors (Lipinski definition) is 5. The van der Waals surface area contributed by atoms with Gasteiger partial charge in [-0.15, -0.1) is 0 Å². The van der Waals surface area contributed by atoms with Crippen molar-refractivity contribution >= 4 is 11.0 Å². The van der Waals surface area contributed by atoms with E-state index in [0.717, 1.165) is 12.8 Å². The molecule has 7 nitrogen and oxygen atoms in total. The van der Waals surface area contributed by atoms with Crippen molar-refractivity contribution in [3.8, 4) is 11.8 Å². The highest BCUT2D eigenvalue weighted by Gasteiger charge is 2.19. The predicted octanol–water partition coefficient (Wildman–Crippen LogP) is 1.26. The summed E-state index contributed by atoms with van der Waals surface area (Å²) in [5.41, 5.74) is 0.630. The van der Waals surface area contributed by atoms with E-state index in [0.29, 0.717) is 36.1 Å². The Morgan fingerprint density at radius 3 is 2.77 bits per heavy atom. The number of aliphatic hydroxyl groups excluding tert-OH is 1. The van der Waals surface area contributed by atoms with Gasteiger partial charge in [0.05, 0.1) is 18.1 Å². The summed E-state index contributed by atoms with van der Waals surface area (Å²) in [6, 6.07) is 2.10. The number of fused-ring (bicyclic) bond motifs is 1. The molecule has 118 valence electrons. The van der Waals surface area contributed by atoms with E-state index in [9.17, 15) is 10.1 Å². The van der Waals surface area contributed by atoms with Crippen LogP contribution >= 0.6 is 0 Å². The number of ether oxygens (including phenoxy) is 1. The molecule has 0 atom stereocenters. The molecule has 0 fully saturated rings. The summed E-state index contributed by atoms with van der Waals surface area (Å²) in [5, 5.41) is 23.1. The maximum absolute atomic E-state index is 12.4.